The Morgan fingerprint density at radius 3 is 2.31 bits per heavy atom. The minimum absolute atomic E-state index is 0.111. The highest BCUT2D eigenvalue weighted by Crippen LogP contribution is 2.69. The molecule has 3 unspecified atom stereocenters. The van der Waals surface area contributed by atoms with Crippen molar-refractivity contribution in [2.45, 2.75) is 89.7 Å². The third-order valence-corrected chi connectivity index (χ3v) is 16.0. The summed E-state index contributed by atoms with van der Waals surface area (Å²) in [5.74, 6) is 0.326. The number of fused-ring (bicyclic) bond motifs is 8. The lowest BCUT2D eigenvalue weighted by molar-refractivity contribution is 0.347. The number of thiophene rings is 1. The monoisotopic (exact) mass is 699 g/mol. The molecule has 1 nitrogen and oxygen atoms in total. The number of hydrogen-bond acceptors (Lipinski definition) is 3. The normalized spacial score (nSPS) is 23.5. The van der Waals surface area contributed by atoms with Gasteiger partial charge < -0.3 is 4.90 Å². The molecule has 4 heterocycles. The van der Waals surface area contributed by atoms with Gasteiger partial charge in [0.25, 0.3) is 6.71 Å². The first-order valence-corrected chi connectivity index (χ1v) is 20.7. The molecule has 0 amide bonds. The SMILES string of the molecule is Cc1cc2c3c(c1)N(c1ccccc1)C1=C(SC4(C)CCCC14C)B3c1cc3sc4ccc(C(C)(C)C)cc4c3cc1C2CCc1ccccc1. The van der Waals surface area contributed by atoms with Gasteiger partial charge in [0, 0.05) is 53.3 Å². The molecule has 1 fully saturated rings. The van der Waals surface area contributed by atoms with E-state index in [0.29, 0.717) is 5.92 Å². The Kier molecular flexibility index (Phi) is 6.98. The molecule has 254 valence electrons. The fourth-order valence-corrected chi connectivity index (χ4v) is 13.3. The number of nitrogens with zero attached hydrogens (tertiary/aromatic N) is 1. The molecule has 1 aliphatic carbocycles. The topological polar surface area (TPSA) is 3.24 Å². The van der Waals surface area contributed by atoms with Crippen molar-refractivity contribution in [3.63, 3.8) is 0 Å². The third-order valence-electron chi connectivity index (χ3n) is 13.1. The molecule has 5 aromatic carbocycles. The molecule has 0 spiro atoms. The zero-order valence-corrected chi connectivity index (χ0v) is 32.4. The minimum atomic E-state index is 0.111. The molecule has 6 aromatic rings. The van der Waals surface area contributed by atoms with Gasteiger partial charge in [-0.2, -0.15) is 0 Å². The Morgan fingerprint density at radius 1 is 0.804 bits per heavy atom. The van der Waals surface area contributed by atoms with Crippen LogP contribution in [0.4, 0.5) is 11.4 Å². The van der Waals surface area contributed by atoms with Crippen molar-refractivity contribution in [3.05, 3.63) is 141 Å². The summed E-state index contributed by atoms with van der Waals surface area (Å²) in [5, 5.41) is 2.86. The van der Waals surface area contributed by atoms with Gasteiger partial charge in [-0.05, 0) is 125 Å². The Hall–Kier alpha value is -3.73. The molecule has 4 heteroatoms. The van der Waals surface area contributed by atoms with Crippen molar-refractivity contribution < 1.29 is 0 Å². The van der Waals surface area contributed by atoms with Gasteiger partial charge in [0.1, 0.15) is 0 Å². The number of hydrogen-bond donors (Lipinski definition) is 0. The van der Waals surface area contributed by atoms with Crippen LogP contribution in [0.5, 0.6) is 0 Å². The molecule has 1 saturated carbocycles. The number of rotatable bonds is 4. The average molecular weight is 700 g/mol. The predicted molar refractivity (Wildman–Crippen MR) is 224 cm³/mol. The summed E-state index contributed by atoms with van der Waals surface area (Å²) in [7, 11) is 0. The van der Waals surface area contributed by atoms with Crippen molar-refractivity contribution >= 4 is 72.3 Å². The van der Waals surface area contributed by atoms with Gasteiger partial charge in [-0.25, -0.2) is 0 Å². The van der Waals surface area contributed by atoms with E-state index >= 15 is 0 Å². The van der Waals surface area contributed by atoms with E-state index in [1.807, 2.05) is 11.3 Å². The van der Waals surface area contributed by atoms with E-state index in [-0.39, 0.29) is 22.3 Å². The molecule has 0 saturated heterocycles. The Labute approximate surface area is 312 Å². The van der Waals surface area contributed by atoms with E-state index in [1.54, 1.807) is 32.6 Å². The first-order chi connectivity index (χ1) is 24.5. The van der Waals surface area contributed by atoms with E-state index in [1.165, 1.54) is 67.5 Å². The molecule has 10 rings (SSSR count). The summed E-state index contributed by atoms with van der Waals surface area (Å²) in [5.41, 5.74) is 14.9. The Balaban J connectivity index is 1.27. The highest BCUT2D eigenvalue weighted by atomic mass is 32.2. The summed E-state index contributed by atoms with van der Waals surface area (Å²) in [6.07, 6.45) is 5.98. The van der Waals surface area contributed by atoms with Crippen LogP contribution < -0.4 is 15.8 Å². The number of thioether (sulfide) groups is 1. The van der Waals surface area contributed by atoms with E-state index < -0.39 is 0 Å². The lowest BCUT2D eigenvalue weighted by Crippen LogP contribution is -2.56. The summed E-state index contributed by atoms with van der Waals surface area (Å²) in [6, 6.07) is 40.1. The van der Waals surface area contributed by atoms with Crippen LogP contribution >= 0.6 is 23.1 Å². The fourth-order valence-electron chi connectivity index (χ4n) is 10.3. The zero-order valence-electron chi connectivity index (χ0n) is 30.8. The summed E-state index contributed by atoms with van der Waals surface area (Å²) < 4.78 is 3.03. The molecule has 0 bridgehead atoms. The highest BCUT2D eigenvalue weighted by molar-refractivity contribution is 8.06. The van der Waals surface area contributed by atoms with Crippen LogP contribution in [0.3, 0.4) is 0 Å². The molecule has 3 aliphatic heterocycles. The lowest BCUT2D eigenvalue weighted by atomic mass is 9.33. The Bertz CT molecular complexity index is 2420. The number of benzene rings is 5. The second-order valence-electron chi connectivity index (χ2n) is 17.2. The van der Waals surface area contributed by atoms with Gasteiger partial charge in [0.15, 0.2) is 0 Å². The van der Waals surface area contributed by atoms with E-state index in [0.717, 1.165) is 12.8 Å². The van der Waals surface area contributed by atoms with Gasteiger partial charge in [0.2, 0.25) is 0 Å². The standard InChI is InChI=1S/C47H46BNS2/c1-29-24-37-33(20-18-30-14-9-7-10-15-30)34-27-36-35-26-31(45(2,3)4)19-21-40(35)50-41(36)28-38(34)48-42(37)39(25-29)49(32-16-11-8-12-17-32)43-44(48)51-47(6)23-13-22-46(43,47)5/h7-12,14-17,19,21,24-28,33H,13,18,20,22-23H2,1-6H3. The largest absolute Gasteiger partial charge is 0.314 e. The minimum Gasteiger partial charge on any atom is -0.314 e. The van der Waals surface area contributed by atoms with Crippen LogP contribution in [0.1, 0.15) is 94.0 Å². The number of aryl methyl sites for hydroxylation is 2. The maximum absolute atomic E-state index is 2.73. The number of anilines is 2. The zero-order chi connectivity index (χ0) is 34.9. The van der Waals surface area contributed by atoms with Gasteiger partial charge in [-0.3, -0.25) is 0 Å². The van der Waals surface area contributed by atoms with Crippen LogP contribution in [0.2, 0.25) is 0 Å². The molecular weight excluding hydrogens is 653 g/mol. The van der Waals surface area contributed by atoms with E-state index in [9.17, 15) is 0 Å². The molecular formula is C47H46BNS2. The Morgan fingerprint density at radius 2 is 1.55 bits per heavy atom. The van der Waals surface area contributed by atoms with Crippen molar-refractivity contribution in [3.8, 4) is 0 Å². The van der Waals surface area contributed by atoms with Gasteiger partial charge in [0.05, 0.1) is 0 Å². The van der Waals surface area contributed by atoms with E-state index in [4.69, 9.17) is 0 Å². The number of para-hydroxylation sites is 1. The fraction of sp³-hybridized carbons (Fsp3) is 0.319. The lowest BCUT2D eigenvalue weighted by Gasteiger charge is -2.46. The predicted octanol–water partition coefficient (Wildman–Crippen LogP) is 11.9. The van der Waals surface area contributed by atoms with Crippen LogP contribution in [0, 0.1) is 12.3 Å². The van der Waals surface area contributed by atoms with Crippen LogP contribution in [0.15, 0.2) is 114 Å². The average Bonchev–Trinajstić information content (AvgIpc) is 3.70. The maximum Gasteiger partial charge on any atom is 0.254 e. The van der Waals surface area contributed by atoms with Crippen molar-refractivity contribution in [1.82, 2.24) is 0 Å². The molecule has 0 N–H and O–H groups in total. The quantitative estimate of drug-likeness (QED) is 0.169. The molecule has 4 aliphatic rings. The van der Waals surface area contributed by atoms with Crippen molar-refractivity contribution in [2.24, 2.45) is 5.41 Å². The smallest absolute Gasteiger partial charge is 0.254 e. The van der Waals surface area contributed by atoms with Gasteiger partial charge in [-0.1, -0.05) is 100 Å². The van der Waals surface area contributed by atoms with E-state index in [2.05, 4.69) is 161 Å². The second-order valence-corrected chi connectivity index (χ2v) is 19.9. The molecule has 51 heavy (non-hydrogen) atoms. The van der Waals surface area contributed by atoms with Gasteiger partial charge in [-0.15, -0.1) is 23.1 Å². The maximum atomic E-state index is 2.73. The highest BCUT2D eigenvalue weighted by Gasteiger charge is 2.62. The first-order valence-electron chi connectivity index (χ1n) is 19.0. The van der Waals surface area contributed by atoms with Crippen LogP contribution in [-0.2, 0) is 11.8 Å². The summed E-state index contributed by atoms with van der Waals surface area (Å²) >= 11 is 4.23. The van der Waals surface area contributed by atoms with Crippen molar-refractivity contribution in [1.29, 1.82) is 0 Å². The van der Waals surface area contributed by atoms with Crippen molar-refractivity contribution in [2.75, 3.05) is 4.90 Å². The second kappa shape index (κ2) is 11.1. The molecule has 1 aromatic heterocycles. The number of allylic oxidation sites excluding steroid dienone is 1. The third kappa shape index (κ3) is 4.61. The molecule has 0 radical (unpaired) electrons. The molecule has 3 atom stereocenters. The van der Waals surface area contributed by atoms with Crippen LogP contribution in [0.25, 0.3) is 20.2 Å². The van der Waals surface area contributed by atoms with Gasteiger partial charge >= 0.3 is 0 Å². The first kappa shape index (κ1) is 32.0. The summed E-state index contributed by atoms with van der Waals surface area (Å²) in [6.45, 7) is 14.8. The van der Waals surface area contributed by atoms with Crippen LogP contribution in [-0.4, -0.2) is 11.5 Å². The summed E-state index contributed by atoms with van der Waals surface area (Å²) in [4.78, 5) is 4.34.